The van der Waals surface area contributed by atoms with Crippen molar-refractivity contribution in [3.8, 4) is 16.9 Å². The van der Waals surface area contributed by atoms with Gasteiger partial charge in [0.15, 0.2) is 0 Å². The summed E-state index contributed by atoms with van der Waals surface area (Å²) in [6, 6.07) is 18.1. The molecule has 9 heteroatoms. The first-order chi connectivity index (χ1) is 16.4. The number of pyridine rings is 1. The summed E-state index contributed by atoms with van der Waals surface area (Å²) >= 11 is 5.98. The molecule has 0 bridgehead atoms. The molecule has 0 saturated carbocycles. The van der Waals surface area contributed by atoms with Gasteiger partial charge in [0, 0.05) is 28.9 Å². The van der Waals surface area contributed by atoms with Gasteiger partial charge in [0.2, 0.25) is 0 Å². The zero-order valence-electron chi connectivity index (χ0n) is 17.9. The first-order valence-corrected chi connectivity index (χ1v) is 10.8. The molecule has 4 aromatic rings. The van der Waals surface area contributed by atoms with Crippen LogP contribution in [0.15, 0.2) is 83.8 Å². The minimum atomic E-state index is -0.727. The molecule has 34 heavy (non-hydrogen) atoms. The Labute approximate surface area is 199 Å². The second-order valence-corrected chi connectivity index (χ2v) is 7.96. The van der Waals surface area contributed by atoms with Gasteiger partial charge in [-0.3, -0.25) is 14.6 Å². The van der Waals surface area contributed by atoms with Crippen molar-refractivity contribution < 1.29 is 14.3 Å². The maximum absolute atomic E-state index is 13.9. The van der Waals surface area contributed by atoms with Crippen molar-refractivity contribution in [1.82, 2.24) is 20.1 Å². The van der Waals surface area contributed by atoms with Crippen molar-refractivity contribution in [3.63, 3.8) is 0 Å². The molecule has 0 aliphatic heterocycles. The number of carbonyl (C=O) groups excluding carboxylic acids is 1. The van der Waals surface area contributed by atoms with E-state index < -0.39 is 23.3 Å². The predicted octanol–water partition coefficient (Wildman–Crippen LogP) is 3.42. The van der Waals surface area contributed by atoms with Crippen LogP contribution in [0.3, 0.4) is 0 Å². The van der Waals surface area contributed by atoms with Crippen molar-refractivity contribution in [3.05, 3.63) is 111 Å². The lowest BCUT2D eigenvalue weighted by molar-refractivity contribution is 0.0914. The van der Waals surface area contributed by atoms with E-state index in [2.05, 4.69) is 15.4 Å². The monoisotopic (exact) mass is 478 g/mol. The largest absolute Gasteiger partial charge is 0.394 e. The Morgan fingerprint density at radius 3 is 2.56 bits per heavy atom. The SMILES string of the molecule is O=C(N[C@@H](CO)Cc1ccccn1)c1cc(-c2ccc(Cl)cc2)nn(-c2cccc(F)c2)c1=O. The fourth-order valence-electron chi connectivity index (χ4n) is 3.40. The first-order valence-electron chi connectivity index (χ1n) is 10.4. The Hall–Kier alpha value is -3.88. The van der Waals surface area contributed by atoms with Gasteiger partial charge >= 0.3 is 0 Å². The minimum Gasteiger partial charge on any atom is -0.394 e. The molecular weight excluding hydrogens is 459 g/mol. The maximum Gasteiger partial charge on any atom is 0.284 e. The van der Waals surface area contributed by atoms with Crippen molar-refractivity contribution in [2.45, 2.75) is 12.5 Å². The molecule has 4 rings (SSSR count). The van der Waals surface area contributed by atoms with Crippen LogP contribution < -0.4 is 10.9 Å². The fourth-order valence-corrected chi connectivity index (χ4v) is 3.52. The lowest BCUT2D eigenvalue weighted by Crippen LogP contribution is -2.42. The first kappa shape index (κ1) is 23.3. The van der Waals surface area contributed by atoms with E-state index in [4.69, 9.17) is 11.6 Å². The molecule has 0 unspecified atom stereocenters. The van der Waals surface area contributed by atoms with E-state index in [0.717, 1.165) is 10.7 Å². The van der Waals surface area contributed by atoms with E-state index in [0.29, 0.717) is 22.0 Å². The van der Waals surface area contributed by atoms with E-state index in [1.165, 1.54) is 24.3 Å². The molecule has 0 saturated heterocycles. The molecular formula is C25H20ClFN4O3. The Morgan fingerprint density at radius 2 is 1.88 bits per heavy atom. The number of halogens is 2. The lowest BCUT2D eigenvalue weighted by atomic mass is 10.1. The standard InChI is InChI=1S/C25H20ClFN4O3/c26-17-9-7-16(8-10-17)23-14-22(25(34)31(30-23)21-6-3-4-18(27)12-21)24(33)29-20(15-32)13-19-5-1-2-11-28-19/h1-12,14,20,32H,13,15H2,(H,29,33)/t20-/m1/s1. The molecule has 0 aliphatic carbocycles. The minimum absolute atomic E-state index is 0.169. The van der Waals surface area contributed by atoms with E-state index in [1.54, 1.807) is 48.7 Å². The molecule has 1 amide bonds. The van der Waals surface area contributed by atoms with Gasteiger partial charge in [-0.2, -0.15) is 9.78 Å². The molecule has 0 fully saturated rings. The number of benzene rings is 2. The van der Waals surface area contributed by atoms with Crippen LogP contribution in [0.2, 0.25) is 5.02 Å². The number of rotatable bonds is 7. The van der Waals surface area contributed by atoms with Gasteiger partial charge < -0.3 is 10.4 Å². The molecule has 0 spiro atoms. The topological polar surface area (TPSA) is 97.1 Å². The fraction of sp³-hybridized carbons (Fsp3) is 0.120. The van der Waals surface area contributed by atoms with Gasteiger partial charge in [0.25, 0.3) is 11.5 Å². The zero-order valence-corrected chi connectivity index (χ0v) is 18.6. The third-order valence-corrected chi connectivity index (χ3v) is 5.34. The summed E-state index contributed by atoms with van der Waals surface area (Å²) in [4.78, 5) is 30.5. The maximum atomic E-state index is 13.9. The van der Waals surface area contributed by atoms with Gasteiger partial charge in [-0.25, -0.2) is 4.39 Å². The van der Waals surface area contributed by atoms with Crippen LogP contribution in [0.25, 0.3) is 16.9 Å². The molecule has 0 radical (unpaired) electrons. The average Bonchev–Trinajstić information content (AvgIpc) is 2.85. The highest BCUT2D eigenvalue weighted by molar-refractivity contribution is 6.30. The smallest absolute Gasteiger partial charge is 0.284 e. The number of nitrogens with one attached hydrogen (secondary N) is 1. The van der Waals surface area contributed by atoms with Crippen LogP contribution >= 0.6 is 11.6 Å². The summed E-state index contributed by atoms with van der Waals surface area (Å²) in [5.74, 6) is -1.24. The number of amides is 1. The number of hydrogen-bond donors (Lipinski definition) is 2. The normalized spacial score (nSPS) is 11.7. The van der Waals surface area contributed by atoms with E-state index in [-0.39, 0.29) is 24.3 Å². The summed E-state index contributed by atoms with van der Waals surface area (Å²) in [7, 11) is 0. The van der Waals surface area contributed by atoms with E-state index >= 15 is 0 Å². The number of hydrogen-bond acceptors (Lipinski definition) is 5. The molecule has 2 aromatic heterocycles. The van der Waals surface area contributed by atoms with E-state index in [1.807, 2.05) is 0 Å². The highest BCUT2D eigenvalue weighted by Crippen LogP contribution is 2.20. The predicted molar refractivity (Wildman–Crippen MR) is 127 cm³/mol. The third kappa shape index (κ3) is 5.36. The van der Waals surface area contributed by atoms with Gasteiger partial charge in [-0.15, -0.1) is 0 Å². The van der Waals surface area contributed by atoms with Crippen molar-refractivity contribution in [2.75, 3.05) is 6.61 Å². The molecule has 2 N–H and O–H groups in total. The second kappa shape index (κ2) is 10.4. The second-order valence-electron chi connectivity index (χ2n) is 7.53. The van der Waals surface area contributed by atoms with Crippen LogP contribution in [-0.2, 0) is 6.42 Å². The number of aliphatic hydroxyl groups excluding tert-OH is 1. The number of carbonyl (C=O) groups is 1. The molecule has 1 atom stereocenters. The average molecular weight is 479 g/mol. The molecule has 172 valence electrons. The van der Waals surface area contributed by atoms with Crippen LogP contribution in [0.5, 0.6) is 0 Å². The summed E-state index contributed by atoms with van der Waals surface area (Å²) in [5, 5.41) is 17.3. The highest BCUT2D eigenvalue weighted by Gasteiger charge is 2.21. The lowest BCUT2D eigenvalue weighted by Gasteiger charge is -2.17. The van der Waals surface area contributed by atoms with Gasteiger partial charge in [0.05, 0.1) is 24.0 Å². The number of aliphatic hydroxyl groups is 1. The van der Waals surface area contributed by atoms with Crippen LogP contribution in [-0.4, -0.2) is 38.4 Å². The van der Waals surface area contributed by atoms with Crippen molar-refractivity contribution in [1.29, 1.82) is 0 Å². The van der Waals surface area contributed by atoms with Gasteiger partial charge in [-0.05, 0) is 48.5 Å². The van der Waals surface area contributed by atoms with Crippen LogP contribution in [0, 0.1) is 5.82 Å². The summed E-state index contributed by atoms with van der Waals surface area (Å²) in [5.41, 5.74) is 0.837. The summed E-state index contributed by atoms with van der Waals surface area (Å²) in [6.07, 6.45) is 1.89. The van der Waals surface area contributed by atoms with Crippen molar-refractivity contribution in [2.24, 2.45) is 0 Å². The Morgan fingerprint density at radius 1 is 1.09 bits per heavy atom. The van der Waals surface area contributed by atoms with Gasteiger partial charge in [0.1, 0.15) is 11.4 Å². The number of aromatic nitrogens is 3. The molecule has 7 nitrogen and oxygen atoms in total. The Bertz CT molecular complexity index is 1360. The molecule has 0 aliphatic rings. The Kier molecular flexibility index (Phi) is 7.10. The Balaban J connectivity index is 1.75. The van der Waals surface area contributed by atoms with Crippen molar-refractivity contribution >= 4 is 17.5 Å². The molecule has 2 aromatic carbocycles. The zero-order chi connectivity index (χ0) is 24.1. The summed E-state index contributed by atoms with van der Waals surface area (Å²) < 4.78 is 14.8. The quantitative estimate of drug-likeness (QED) is 0.424. The van der Waals surface area contributed by atoms with Crippen LogP contribution in [0.1, 0.15) is 16.1 Å². The van der Waals surface area contributed by atoms with E-state index in [9.17, 15) is 19.1 Å². The van der Waals surface area contributed by atoms with Gasteiger partial charge in [-0.1, -0.05) is 35.9 Å². The highest BCUT2D eigenvalue weighted by atomic mass is 35.5. The van der Waals surface area contributed by atoms with Crippen LogP contribution in [0.4, 0.5) is 4.39 Å². The molecule has 2 heterocycles. The third-order valence-electron chi connectivity index (χ3n) is 5.09. The number of nitrogens with zero attached hydrogens (tertiary/aromatic N) is 3. The summed E-state index contributed by atoms with van der Waals surface area (Å²) in [6.45, 7) is -0.352.